The van der Waals surface area contributed by atoms with Gasteiger partial charge in [-0.3, -0.25) is 4.57 Å². The van der Waals surface area contributed by atoms with Crippen LogP contribution in [0.2, 0.25) is 0 Å². The van der Waals surface area contributed by atoms with Gasteiger partial charge in [-0.2, -0.15) is 0 Å². The van der Waals surface area contributed by atoms with E-state index in [1.54, 1.807) is 0 Å². The molecule has 0 unspecified atom stereocenters. The lowest BCUT2D eigenvalue weighted by Gasteiger charge is -2.20. The highest BCUT2D eigenvalue weighted by molar-refractivity contribution is 6.15. The Morgan fingerprint density at radius 3 is 2.36 bits per heavy atom. The van der Waals surface area contributed by atoms with Gasteiger partial charge in [0.15, 0.2) is 0 Å². The first-order valence-electron chi connectivity index (χ1n) is 18.0. The summed E-state index contributed by atoms with van der Waals surface area (Å²) < 4.78 is 15.1. The second-order valence-corrected chi connectivity index (χ2v) is 14.9. The Kier molecular flexibility index (Phi) is 6.89. The summed E-state index contributed by atoms with van der Waals surface area (Å²) in [6.07, 6.45) is 3.73. The average molecular weight is 692 g/mol. The lowest BCUT2D eigenvalue weighted by atomic mass is 9.88. The molecule has 7 nitrogen and oxygen atoms in total. The van der Waals surface area contributed by atoms with E-state index in [2.05, 4.69) is 138 Å². The van der Waals surface area contributed by atoms with Crippen LogP contribution in [0.3, 0.4) is 0 Å². The summed E-state index contributed by atoms with van der Waals surface area (Å²) in [5.74, 6) is 2.10. The number of hydrogen-bond acceptors (Lipinski definition) is 6. The predicted molar refractivity (Wildman–Crippen MR) is 216 cm³/mol. The Hall–Kier alpha value is -6.60. The number of furan rings is 1. The van der Waals surface area contributed by atoms with E-state index in [9.17, 15) is 0 Å². The van der Waals surface area contributed by atoms with Crippen molar-refractivity contribution in [2.45, 2.75) is 26.2 Å². The Morgan fingerprint density at radius 1 is 0.660 bits per heavy atom. The fourth-order valence-corrected chi connectivity index (χ4v) is 7.84. The first kappa shape index (κ1) is 31.2. The Bertz CT molecular complexity index is 2880. The molecular formula is C46H37N5O2. The van der Waals surface area contributed by atoms with E-state index < -0.39 is 0 Å². The number of para-hydroxylation sites is 3. The number of ether oxygens (including phenoxy) is 1. The zero-order chi connectivity index (χ0) is 35.8. The summed E-state index contributed by atoms with van der Waals surface area (Å²) in [6, 6.07) is 44.4. The van der Waals surface area contributed by atoms with Gasteiger partial charge in [0.2, 0.25) is 5.88 Å². The number of hydrogen-bond donors (Lipinski definition) is 0. The van der Waals surface area contributed by atoms with E-state index in [4.69, 9.17) is 14.1 Å². The van der Waals surface area contributed by atoms with Crippen molar-refractivity contribution < 1.29 is 9.15 Å². The lowest BCUT2D eigenvalue weighted by Crippen LogP contribution is -2.23. The zero-order valence-electron chi connectivity index (χ0n) is 30.0. The van der Waals surface area contributed by atoms with Crippen molar-refractivity contribution in [1.29, 1.82) is 0 Å². The van der Waals surface area contributed by atoms with Crippen LogP contribution in [0.25, 0.3) is 60.7 Å². The van der Waals surface area contributed by atoms with Gasteiger partial charge in [0.25, 0.3) is 0 Å². The van der Waals surface area contributed by atoms with Crippen molar-refractivity contribution in [2.24, 2.45) is 0 Å². The van der Waals surface area contributed by atoms with Crippen LogP contribution >= 0.6 is 0 Å². The Balaban J connectivity index is 1.11. The maximum atomic E-state index is 6.54. The van der Waals surface area contributed by atoms with E-state index >= 15 is 0 Å². The molecule has 4 aromatic heterocycles. The number of rotatable bonds is 5. The number of pyridine rings is 2. The number of benzene rings is 5. The van der Waals surface area contributed by atoms with Gasteiger partial charge >= 0.3 is 0 Å². The number of anilines is 3. The summed E-state index contributed by atoms with van der Waals surface area (Å²) in [5.41, 5.74) is 10.7. The average Bonchev–Trinajstić information content (AvgIpc) is 3.83. The molecule has 5 aromatic carbocycles. The minimum Gasteiger partial charge on any atom is -0.456 e. The molecule has 0 spiro atoms. The minimum absolute atomic E-state index is 0.0364. The molecular weight excluding hydrogens is 655 g/mol. The van der Waals surface area contributed by atoms with Gasteiger partial charge in [-0.15, -0.1) is 0 Å². The molecule has 0 bridgehead atoms. The smallest absolute Gasteiger partial charge is 0.221 e. The normalized spacial score (nSPS) is 13.1. The van der Waals surface area contributed by atoms with Crippen molar-refractivity contribution >= 4 is 60.8 Å². The van der Waals surface area contributed by atoms with Crippen LogP contribution < -0.4 is 14.5 Å². The molecule has 7 heteroatoms. The molecule has 1 aliphatic heterocycles. The molecule has 53 heavy (non-hydrogen) atoms. The quantitative estimate of drug-likeness (QED) is 0.179. The number of nitrogens with zero attached hydrogens (tertiary/aromatic N) is 5. The molecule has 0 amide bonds. The molecule has 0 radical (unpaired) electrons. The van der Waals surface area contributed by atoms with E-state index in [1.807, 2.05) is 48.8 Å². The summed E-state index contributed by atoms with van der Waals surface area (Å²) in [5, 5.41) is 4.48. The molecule has 10 rings (SSSR count). The van der Waals surface area contributed by atoms with Crippen LogP contribution in [-0.4, -0.2) is 28.3 Å². The Labute approximate surface area is 307 Å². The van der Waals surface area contributed by atoms with Gasteiger partial charge in [-0.1, -0.05) is 69.3 Å². The Morgan fingerprint density at radius 2 is 1.47 bits per heavy atom. The van der Waals surface area contributed by atoms with E-state index in [0.29, 0.717) is 11.6 Å². The standard InChI is InChI=1S/C46H37N5O2/c1-46(2,3)30-20-22-47-43(25-30)51-37-19-16-29(33-11-9-15-42-45(33)35-10-5-8-14-41(35)53-42)24-36(37)34-18-17-32(27-40(34)51)52-44-26-31(21-23-48-44)50-28-49(4)38-12-6-7-13-39(38)50/h5-27H,28H2,1-4H3. The highest BCUT2D eigenvalue weighted by atomic mass is 16.5. The molecule has 0 saturated heterocycles. The largest absolute Gasteiger partial charge is 0.456 e. The lowest BCUT2D eigenvalue weighted by molar-refractivity contribution is 0.463. The van der Waals surface area contributed by atoms with Crippen LogP contribution in [0.4, 0.5) is 17.1 Å². The van der Waals surface area contributed by atoms with Gasteiger partial charge < -0.3 is 19.0 Å². The third kappa shape index (κ3) is 5.11. The summed E-state index contributed by atoms with van der Waals surface area (Å²) in [6.45, 7) is 7.45. The number of fused-ring (bicyclic) bond motifs is 7. The summed E-state index contributed by atoms with van der Waals surface area (Å²) in [7, 11) is 2.11. The molecule has 0 fully saturated rings. The predicted octanol–water partition coefficient (Wildman–Crippen LogP) is 11.8. The topological polar surface area (TPSA) is 59.6 Å². The highest BCUT2D eigenvalue weighted by Gasteiger charge is 2.25. The summed E-state index contributed by atoms with van der Waals surface area (Å²) >= 11 is 0. The molecule has 1 aliphatic rings. The van der Waals surface area contributed by atoms with E-state index in [-0.39, 0.29) is 5.41 Å². The van der Waals surface area contributed by atoms with E-state index in [0.717, 1.165) is 73.0 Å². The molecule has 0 aliphatic carbocycles. The first-order valence-corrected chi connectivity index (χ1v) is 18.0. The molecule has 258 valence electrons. The molecule has 0 atom stereocenters. The van der Waals surface area contributed by atoms with Gasteiger partial charge in [-0.05, 0) is 88.8 Å². The van der Waals surface area contributed by atoms with Crippen LogP contribution in [0.5, 0.6) is 11.6 Å². The van der Waals surface area contributed by atoms with Gasteiger partial charge in [0.05, 0.1) is 29.1 Å². The number of aromatic nitrogens is 3. The van der Waals surface area contributed by atoms with Crippen molar-refractivity contribution in [3.63, 3.8) is 0 Å². The van der Waals surface area contributed by atoms with Gasteiger partial charge in [-0.25, -0.2) is 9.97 Å². The van der Waals surface area contributed by atoms with Crippen molar-refractivity contribution in [2.75, 3.05) is 23.5 Å². The van der Waals surface area contributed by atoms with Crippen molar-refractivity contribution in [1.82, 2.24) is 14.5 Å². The van der Waals surface area contributed by atoms with Crippen LogP contribution in [-0.2, 0) is 5.41 Å². The van der Waals surface area contributed by atoms with Crippen molar-refractivity contribution in [3.8, 4) is 28.6 Å². The van der Waals surface area contributed by atoms with Crippen LogP contribution in [0.1, 0.15) is 26.3 Å². The zero-order valence-corrected chi connectivity index (χ0v) is 30.0. The maximum absolute atomic E-state index is 6.54. The minimum atomic E-state index is -0.0364. The maximum Gasteiger partial charge on any atom is 0.221 e. The monoisotopic (exact) mass is 691 g/mol. The molecule has 9 aromatic rings. The van der Waals surface area contributed by atoms with Crippen molar-refractivity contribution in [3.05, 3.63) is 145 Å². The third-order valence-electron chi connectivity index (χ3n) is 10.5. The van der Waals surface area contributed by atoms with Crippen LogP contribution in [0.15, 0.2) is 144 Å². The molecule has 0 N–H and O–H groups in total. The summed E-state index contributed by atoms with van der Waals surface area (Å²) in [4.78, 5) is 14.1. The fourth-order valence-electron chi connectivity index (χ4n) is 7.84. The van der Waals surface area contributed by atoms with Gasteiger partial charge in [0.1, 0.15) is 22.7 Å². The molecule has 0 saturated carbocycles. The van der Waals surface area contributed by atoms with Gasteiger partial charge in [0, 0.05) is 58.8 Å². The van der Waals surface area contributed by atoms with E-state index in [1.165, 1.54) is 16.9 Å². The SMILES string of the molecule is CN1CN(c2ccnc(Oc3ccc4c5cc(-c6cccc7oc8ccccc8c67)ccc5n(-c5cc(C(C)(C)C)ccn5)c4c3)c2)c2ccccc21. The fraction of sp³-hybridized carbons (Fsp3) is 0.130. The second kappa shape index (κ2) is 11.7. The van der Waals surface area contributed by atoms with Crippen LogP contribution in [0, 0.1) is 0 Å². The first-order chi connectivity index (χ1) is 25.8. The third-order valence-corrected chi connectivity index (χ3v) is 10.5. The second-order valence-electron chi connectivity index (χ2n) is 14.9. The highest BCUT2D eigenvalue weighted by Crippen LogP contribution is 2.43. The molecule has 5 heterocycles.